The topological polar surface area (TPSA) is 57.5 Å². The molecule has 3 nitrogen and oxygen atoms in total. The Morgan fingerprint density at radius 1 is 1.29 bits per heavy atom. The number of carboxylic acid groups (broad SMARTS) is 1. The van der Waals surface area contributed by atoms with Crippen molar-refractivity contribution in [3.05, 3.63) is 54.1 Å². The van der Waals surface area contributed by atoms with E-state index in [1.165, 1.54) is 6.08 Å². The van der Waals surface area contributed by atoms with E-state index in [4.69, 9.17) is 5.11 Å². The molecule has 0 fully saturated rings. The fraction of sp³-hybridized carbons (Fsp3) is 0.154. The predicted molar refractivity (Wildman–Crippen MR) is 61.0 cm³/mol. The smallest absolute Gasteiger partial charge is 0.343 e. The molecule has 1 aromatic carbocycles. The summed E-state index contributed by atoms with van der Waals surface area (Å²) in [4.78, 5) is 10.8. The number of hydrogen-bond donors (Lipinski definition) is 2. The lowest BCUT2D eigenvalue weighted by Crippen LogP contribution is -2.46. The summed E-state index contributed by atoms with van der Waals surface area (Å²) >= 11 is 0. The molecule has 0 heterocycles. The van der Waals surface area contributed by atoms with E-state index in [1.54, 1.807) is 24.3 Å². The molecule has 17 heavy (non-hydrogen) atoms. The van der Waals surface area contributed by atoms with Crippen molar-refractivity contribution < 1.29 is 19.4 Å². The van der Waals surface area contributed by atoms with Crippen LogP contribution in [0, 0.1) is 0 Å². The zero-order valence-electron chi connectivity index (χ0n) is 8.88. The second-order valence-electron chi connectivity index (χ2n) is 3.85. The fourth-order valence-corrected chi connectivity index (χ4v) is 1.66. The van der Waals surface area contributed by atoms with Crippen LogP contribution in [0.3, 0.4) is 0 Å². The van der Waals surface area contributed by atoms with Gasteiger partial charge in [-0.3, -0.25) is 0 Å². The van der Waals surface area contributed by atoms with Gasteiger partial charge in [0.25, 0.3) is 0 Å². The number of allylic oxidation sites excluding steroid dienone is 2. The number of carboxylic acids is 1. The van der Waals surface area contributed by atoms with Crippen molar-refractivity contribution >= 4 is 11.5 Å². The van der Waals surface area contributed by atoms with Crippen LogP contribution in [0.4, 0.5) is 4.39 Å². The molecule has 1 aliphatic rings. The highest BCUT2D eigenvalue weighted by atomic mass is 19.1. The summed E-state index contributed by atoms with van der Waals surface area (Å²) in [6, 6.07) is 9.00. The third-order valence-corrected chi connectivity index (χ3v) is 2.71. The Kier molecular flexibility index (Phi) is 2.81. The van der Waals surface area contributed by atoms with Crippen LogP contribution in [0.2, 0.25) is 0 Å². The van der Waals surface area contributed by atoms with E-state index < -0.39 is 17.7 Å². The molecule has 0 spiro atoms. The molecule has 0 saturated heterocycles. The molecule has 1 aromatic rings. The Hall–Kier alpha value is -1.94. The molecule has 2 rings (SSSR count). The number of aliphatic hydroxyl groups is 1. The van der Waals surface area contributed by atoms with Gasteiger partial charge in [-0.25, -0.2) is 9.18 Å². The maximum absolute atomic E-state index is 13.7. The Morgan fingerprint density at radius 3 is 2.47 bits per heavy atom. The van der Waals surface area contributed by atoms with Crippen molar-refractivity contribution in [2.24, 2.45) is 0 Å². The zero-order chi connectivity index (χ0) is 12.5. The van der Waals surface area contributed by atoms with Crippen LogP contribution >= 0.6 is 0 Å². The number of rotatable bonds is 2. The van der Waals surface area contributed by atoms with Gasteiger partial charge < -0.3 is 10.2 Å². The van der Waals surface area contributed by atoms with Crippen LogP contribution in [-0.4, -0.2) is 28.0 Å². The molecule has 0 radical (unpaired) electrons. The molecule has 0 bridgehead atoms. The second-order valence-corrected chi connectivity index (χ2v) is 3.85. The Balaban J connectivity index is 2.34. The lowest BCUT2D eigenvalue weighted by Gasteiger charge is -2.25. The van der Waals surface area contributed by atoms with Crippen molar-refractivity contribution in [1.82, 2.24) is 0 Å². The van der Waals surface area contributed by atoms with Crippen molar-refractivity contribution in [3.63, 3.8) is 0 Å². The van der Waals surface area contributed by atoms with E-state index in [0.29, 0.717) is 5.57 Å². The van der Waals surface area contributed by atoms with Crippen LogP contribution in [-0.2, 0) is 4.79 Å². The van der Waals surface area contributed by atoms with Gasteiger partial charge in [0.2, 0.25) is 5.60 Å². The summed E-state index contributed by atoms with van der Waals surface area (Å²) in [6.45, 7) is 0. The molecule has 1 aliphatic carbocycles. The van der Waals surface area contributed by atoms with E-state index >= 15 is 0 Å². The molecule has 4 heteroatoms. The van der Waals surface area contributed by atoms with E-state index in [9.17, 15) is 14.3 Å². The van der Waals surface area contributed by atoms with Crippen molar-refractivity contribution in [1.29, 1.82) is 0 Å². The lowest BCUT2D eigenvalue weighted by atomic mass is 9.88. The predicted octanol–water partition coefficient (Wildman–Crippen LogP) is 1.79. The van der Waals surface area contributed by atoms with E-state index in [2.05, 4.69) is 0 Å². The van der Waals surface area contributed by atoms with Crippen LogP contribution in [0.25, 0.3) is 5.57 Å². The minimum Gasteiger partial charge on any atom is -0.479 e. The third kappa shape index (κ3) is 1.99. The molecule has 2 atom stereocenters. The minimum absolute atomic E-state index is 0.559. The van der Waals surface area contributed by atoms with Crippen molar-refractivity contribution in [3.8, 4) is 0 Å². The molecule has 0 aliphatic heterocycles. The number of alkyl halides is 1. The third-order valence-electron chi connectivity index (χ3n) is 2.71. The normalized spacial score (nSPS) is 27.6. The fourth-order valence-electron chi connectivity index (χ4n) is 1.66. The number of halogens is 1. The van der Waals surface area contributed by atoms with Gasteiger partial charge in [-0.15, -0.1) is 0 Å². The Labute approximate surface area is 97.5 Å². The van der Waals surface area contributed by atoms with Gasteiger partial charge in [-0.05, 0) is 23.3 Å². The highest BCUT2D eigenvalue weighted by molar-refractivity contribution is 5.86. The summed E-state index contributed by atoms with van der Waals surface area (Å²) in [6.07, 6.45) is 1.55. The minimum atomic E-state index is -2.46. The lowest BCUT2D eigenvalue weighted by molar-refractivity contribution is -0.157. The molecule has 0 saturated carbocycles. The highest BCUT2D eigenvalue weighted by Gasteiger charge is 2.43. The average Bonchev–Trinajstić information content (AvgIpc) is 2.33. The molecule has 0 amide bonds. The number of carbonyl (C=O) groups is 1. The summed E-state index contributed by atoms with van der Waals surface area (Å²) < 4.78 is 13.7. The molecule has 88 valence electrons. The maximum Gasteiger partial charge on any atom is 0.343 e. The van der Waals surface area contributed by atoms with E-state index in [0.717, 1.165) is 17.7 Å². The number of aliphatic carboxylic acids is 1. The first-order valence-corrected chi connectivity index (χ1v) is 5.10. The first kappa shape index (κ1) is 11.5. The molecular formula is C13H11FO3. The molecule has 2 unspecified atom stereocenters. The molecule has 0 aromatic heterocycles. The number of benzene rings is 1. The van der Waals surface area contributed by atoms with Crippen molar-refractivity contribution in [2.75, 3.05) is 0 Å². The summed E-state index contributed by atoms with van der Waals surface area (Å²) in [5.41, 5.74) is -1.12. The van der Waals surface area contributed by atoms with Crippen LogP contribution in [0.5, 0.6) is 0 Å². The average molecular weight is 234 g/mol. The van der Waals surface area contributed by atoms with Gasteiger partial charge in [0.05, 0.1) is 0 Å². The van der Waals surface area contributed by atoms with E-state index in [1.807, 2.05) is 6.07 Å². The molecule has 2 N–H and O–H groups in total. The van der Waals surface area contributed by atoms with Crippen molar-refractivity contribution in [2.45, 2.75) is 11.8 Å². The van der Waals surface area contributed by atoms with Gasteiger partial charge in [-0.1, -0.05) is 36.4 Å². The SMILES string of the molecule is O=C(O)C1(O)C=CC(c2ccccc2)=CC1F. The van der Waals surface area contributed by atoms with Gasteiger partial charge in [0.1, 0.15) is 0 Å². The molecular weight excluding hydrogens is 223 g/mol. The summed E-state index contributed by atoms with van der Waals surface area (Å²) in [5.74, 6) is -1.59. The maximum atomic E-state index is 13.7. The highest BCUT2D eigenvalue weighted by Crippen LogP contribution is 2.29. The largest absolute Gasteiger partial charge is 0.479 e. The zero-order valence-corrected chi connectivity index (χ0v) is 8.88. The first-order valence-electron chi connectivity index (χ1n) is 5.10. The summed E-state index contributed by atoms with van der Waals surface area (Å²) in [7, 11) is 0. The van der Waals surface area contributed by atoms with E-state index in [-0.39, 0.29) is 0 Å². The standard InChI is InChI=1S/C13H11FO3/c14-11-8-10(9-4-2-1-3-5-9)6-7-13(11,17)12(15)16/h1-8,11,17H,(H,15,16). The first-order chi connectivity index (χ1) is 8.04. The van der Waals surface area contributed by atoms with Crippen LogP contribution in [0.1, 0.15) is 5.56 Å². The second kappa shape index (κ2) is 4.14. The summed E-state index contributed by atoms with van der Waals surface area (Å²) in [5, 5.41) is 18.3. The van der Waals surface area contributed by atoms with Gasteiger partial charge in [0.15, 0.2) is 6.17 Å². The quantitative estimate of drug-likeness (QED) is 0.820. The Bertz CT molecular complexity index is 493. The number of hydrogen-bond acceptors (Lipinski definition) is 2. The van der Waals surface area contributed by atoms with Gasteiger partial charge in [-0.2, -0.15) is 0 Å². The van der Waals surface area contributed by atoms with Crippen LogP contribution in [0.15, 0.2) is 48.6 Å². The monoisotopic (exact) mass is 234 g/mol. The van der Waals surface area contributed by atoms with Crippen LogP contribution < -0.4 is 0 Å². The van der Waals surface area contributed by atoms with Gasteiger partial charge in [0, 0.05) is 0 Å². The van der Waals surface area contributed by atoms with Gasteiger partial charge >= 0.3 is 5.97 Å². The Morgan fingerprint density at radius 2 is 1.94 bits per heavy atom.